The number of hydrogen-bond donors (Lipinski definition) is 1. The number of sulfonamides is 1. The number of nitrogens with zero attached hydrogens (tertiary/aromatic N) is 2. The Labute approximate surface area is 143 Å². The zero-order chi connectivity index (χ0) is 16.6. The molecule has 1 aliphatic carbocycles. The van der Waals surface area contributed by atoms with Gasteiger partial charge in [-0.15, -0.1) is 11.3 Å². The highest BCUT2D eigenvalue weighted by Crippen LogP contribution is 2.31. The van der Waals surface area contributed by atoms with Crippen LogP contribution in [-0.2, 0) is 16.4 Å². The second-order valence-corrected chi connectivity index (χ2v) is 8.58. The van der Waals surface area contributed by atoms with Crippen molar-refractivity contribution in [1.29, 1.82) is 0 Å². The van der Waals surface area contributed by atoms with Crippen LogP contribution in [0.25, 0.3) is 10.7 Å². The number of para-hydroxylation sites is 1. The number of thiophene rings is 1. The van der Waals surface area contributed by atoms with E-state index in [1.807, 2.05) is 29.6 Å². The summed E-state index contributed by atoms with van der Waals surface area (Å²) in [6.07, 6.45) is 1.83. The van der Waals surface area contributed by atoms with Gasteiger partial charge in [-0.05, 0) is 35.9 Å². The molecule has 1 fully saturated rings. The maximum absolute atomic E-state index is 12.2. The van der Waals surface area contributed by atoms with Gasteiger partial charge in [0.1, 0.15) is 0 Å². The first kappa shape index (κ1) is 15.3. The van der Waals surface area contributed by atoms with Gasteiger partial charge in [0.2, 0.25) is 21.7 Å². The summed E-state index contributed by atoms with van der Waals surface area (Å²) in [4.78, 5) is 5.33. The molecule has 4 rings (SSSR count). The summed E-state index contributed by atoms with van der Waals surface area (Å²) in [5.41, 5.74) is 1.38. The molecule has 0 aliphatic heterocycles. The van der Waals surface area contributed by atoms with Crippen LogP contribution in [0.2, 0.25) is 0 Å². The van der Waals surface area contributed by atoms with Gasteiger partial charge in [-0.1, -0.05) is 29.4 Å². The number of hydrogen-bond acceptors (Lipinski definition) is 6. The third-order valence-electron chi connectivity index (χ3n) is 3.78. The molecule has 124 valence electrons. The van der Waals surface area contributed by atoms with Crippen LogP contribution in [0.4, 0.5) is 5.69 Å². The lowest BCUT2D eigenvalue weighted by Crippen LogP contribution is -2.18. The minimum Gasteiger partial charge on any atom is -0.339 e. The Balaban J connectivity index is 1.57. The molecule has 8 heteroatoms. The second kappa shape index (κ2) is 6.03. The molecule has 0 saturated heterocycles. The van der Waals surface area contributed by atoms with Crippen LogP contribution in [0.15, 0.2) is 46.3 Å². The number of anilines is 1. The number of nitrogens with one attached hydrogen (secondary N) is 1. The maximum atomic E-state index is 12.2. The van der Waals surface area contributed by atoms with Gasteiger partial charge < -0.3 is 4.52 Å². The largest absolute Gasteiger partial charge is 0.339 e. The van der Waals surface area contributed by atoms with Crippen molar-refractivity contribution in [3.63, 3.8) is 0 Å². The molecule has 0 spiro atoms. The molecule has 1 aromatic carbocycles. The fourth-order valence-electron chi connectivity index (χ4n) is 2.38. The summed E-state index contributed by atoms with van der Waals surface area (Å²) < 4.78 is 32.3. The highest BCUT2D eigenvalue weighted by Gasteiger charge is 2.36. The third kappa shape index (κ3) is 3.20. The Morgan fingerprint density at radius 1 is 1.21 bits per heavy atom. The van der Waals surface area contributed by atoms with E-state index in [1.165, 1.54) is 0 Å². The first-order valence-corrected chi connectivity index (χ1v) is 10.0. The quantitative estimate of drug-likeness (QED) is 0.728. The summed E-state index contributed by atoms with van der Waals surface area (Å²) >= 11 is 1.54. The Kier molecular flexibility index (Phi) is 3.85. The summed E-state index contributed by atoms with van der Waals surface area (Å²) in [7, 11) is -3.30. The van der Waals surface area contributed by atoms with E-state index >= 15 is 0 Å². The third-order valence-corrected chi connectivity index (χ3v) is 6.50. The van der Waals surface area contributed by atoms with E-state index in [1.54, 1.807) is 23.5 Å². The molecule has 0 bridgehead atoms. The van der Waals surface area contributed by atoms with Gasteiger partial charge in [-0.25, -0.2) is 8.42 Å². The molecule has 2 heterocycles. The first-order chi connectivity index (χ1) is 11.6. The van der Waals surface area contributed by atoms with Crippen LogP contribution < -0.4 is 4.72 Å². The van der Waals surface area contributed by atoms with E-state index in [0.29, 0.717) is 23.8 Å². The van der Waals surface area contributed by atoms with Gasteiger partial charge in [-0.2, -0.15) is 4.98 Å². The predicted octanol–water partition coefficient (Wildman–Crippen LogP) is 3.29. The molecule has 0 amide bonds. The normalized spacial score (nSPS) is 14.7. The number of aromatic nitrogens is 2. The maximum Gasteiger partial charge on any atom is 0.235 e. The fourth-order valence-corrected chi connectivity index (χ4v) is 4.46. The second-order valence-electron chi connectivity index (χ2n) is 5.67. The van der Waals surface area contributed by atoms with Gasteiger partial charge in [0.05, 0.1) is 22.2 Å². The Hall–Kier alpha value is -2.19. The lowest BCUT2D eigenvalue weighted by molar-refractivity contribution is 0.386. The first-order valence-electron chi connectivity index (χ1n) is 7.58. The van der Waals surface area contributed by atoms with Crippen LogP contribution in [-0.4, -0.2) is 23.8 Å². The Bertz CT molecular complexity index is 945. The summed E-state index contributed by atoms with van der Waals surface area (Å²) in [5, 5.41) is 5.67. The van der Waals surface area contributed by atoms with E-state index in [4.69, 9.17) is 4.52 Å². The van der Waals surface area contributed by atoms with Crippen molar-refractivity contribution in [2.75, 3.05) is 4.72 Å². The van der Waals surface area contributed by atoms with Crippen molar-refractivity contribution in [3.8, 4) is 10.7 Å². The molecular formula is C16H15N3O3S2. The molecule has 0 atom stereocenters. The van der Waals surface area contributed by atoms with E-state index < -0.39 is 10.0 Å². The van der Waals surface area contributed by atoms with Crippen LogP contribution in [0.3, 0.4) is 0 Å². The molecule has 2 aromatic heterocycles. The van der Waals surface area contributed by atoms with Gasteiger partial charge >= 0.3 is 0 Å². The van der Waals surface area contributed by atoms with Gasteiger partial charge in [0, 0.05) is 0 Å². The molecule has 1 saturated carbocycles. The van der Waals surface area contributed by atoms with Gasteiger partial charge in [-0.3, -0.25) is 4.72 Å². The Morgan fingerprint density at radius 3 is 2.79 bits per heavy atom. The smallest absolute Gasteiger partial charge is 0.235 e. The average Bonchev–Trinajstić information content (AvgIpc) is 3.10. The van der Waals surface area contributed by atoms with E-state index in [0.717, 1.165) is 23.3 Å². The van der Waals surface area contributed by atoms with Crippen LogP contribution >= 0.6 is 11.3 Å². The average molecular weight is 361 g/mol. The predicted molar refractivity (Wildman–Crippen MR) is 92.4 cm³/mol. The lowest BCUT2D eigenvalue weighted by atomic mass is 10.1. The van der Waals surface area contributed by atoms with Gasteiger partial charge in [0.15, 0.2) is 0 Å². The SMILES string of the molecule is O=S(=O)(Nc1ccccc1Cc1nc(-c2cccs2)no1)C1CC1. The minimum absolute atomic E-state index is 0.264. The number of benzene rings is 1. The molecule has 0 radical (unpaired) electrons. The van der Waals surface area contributed by atoms with E-state index in [-0.39, 0.29) is 5.25 Å². The van der Waals surface area contributed by atoms with Crippen molar-refractivity contribution >= 4 is 27.0 Å². The van der Waals surface area contributed by atoms with E-state index in [2.05, 4.69) is 14.9 Å². The van der Waals surface area contributed by atoms with Gasteiger partial charge in [0.25, 0.3) is 0 Å². The molecule has 6 nitrogen and oxygen atoms in total. The van der Waals surface area contributed by atoms with Crippen molar-refractivity contribution in [3.05, 3.63) is 53.2 Å². The summed E-state index contributed by atoms with van der Waals surface area (Å²) in [6, 6.07) is 11.1. The van der Waals surface area contributed by atoms with Crippen LogP contribution in [0.1, 0.15) is 24.3 Å². The van der Waals surface area contributed by atoms with Crippen LogP contribution in [0, 0.1) is 0 Å². The topological polar surface area (TPSA) is 85.1 Å². The molecular weight excluding hydrogens is 346 g/mol. The molecule has 1 aliphatic rings. The minimum atomic E-state index is -3.30. The van der Waals surface area contributed by atoms with Crippen molar-refractivity contribution in [2.45, 2.75) is 24.5 Å². The molecule has 0 unspecified atom stereocenters. The number of rotatable bonds is 6. The zero-order valence-electron chi connectivity index (χ0n) is 12.7. The monoisotopic (exact) mass is 361 g/mol. The molecule has 24 heavy (non-hydrogen) atoms. The lowest BCUT2D eigenvalue weighted by Gasteiger charge is -2.10. The highest BCUT2D eigenvalue weighted by molar-refractivity contribution is 7.93. The fraction of sp³-hybridized carbons (Fsp3) is 0.250. The molecule has 1 N–H and O–H groups in total. The highest BCUT2D eigenvalue weighted by atomic mass is 32.2. The van der Waals surface area contributed by atoms with Crippen molar-refractivity contribution < 1.29 is 12.9 Å². The zero-order valence-corrected chi connectivity index (χ0v) is 14.3. The van der Waals surface area contributed by atoms with Crippen molar-refractivity contribution in [2.24, 2.45) is 0 Å². The summed E-state index contributed by atoms with van der Waals surface area (Å²) in [5.74, 6) is 1.01. The standard InChI is InChI=1S/C16H15N3O3S2/c20-24(21,12-7-8-12)19-13-5-2-1-4-11(13)10-15-17-16(18-22-15)14-6-3-9-23-14/h1-6,9,12,19H,7-8,10H2. The van der Waals surface area contributed by atoms with Crippen LogP contribution in [0.5, 0.6) is 0 Å². The molecule has 3 aromatic rings. The van der Waals surface area contributed by atoms with E-state index in [9.17, 15) is 8.42 Å². The van der Waals surface area contributed by atoms with Crippen molar-refractivity contribution in [1.82, 2.24) is 10.1 Å². The Morgan fingerprint density at radius 2 is 2.04 bits per heavy atom. The summed E-state index contributed by atoms with van der Waals surface area (Å²) in [6.45, 7) is 0.